The minimum absolute atomic E-state index is 0.370. The molecule has 2 aromatic heterocycles. The lowest BCUT2D eigenvalue weighted by atomic mass is 10.1. The smallest absolute Gasteiger partial charge is 0.370 e. The maximum atomic E-state index is 13.1. The van der Waals surface area contributed by atoms with Crippen LogP contribution in [0.1, 0.15) is 44.6 Å². The number of hydrogen-bond acceptors (Lipinski definition) is 5. The molecule has 0 saturated heterocycles. The zero-order valence-corrected chi connectivity index (χ0v) is 17.3. The molecular formula is C17H22F3N3O2S2. The van der Waals surface area contributed by atoms with Crippen LogP contribution in [-0.2, 0) is 26.2 Å². The monoisotopic (exact) mass is 421 g/mol. The Kier molecular flexibility index (Phi) is 6.23. The minimum Gasteiger partial charge on any atom is -0.370 e. The van der Waals surface area contributed by atoms with Gasteiger partial charge in [0, 0.05) is 34.9 Å². The highest BCUT2D eigenvalue weighted by molar-refractivity contribution is 8.03. The van der Waals surface area contributed by atoms with Gasteiger partial charge in [-0.3, -0.25) is 9.71 Å². The summed E-state index contributed by atoms with van der Waals surface area (Å²) in [7, 11) is -2.76. The van der Waals surface area contributed by atoms with Crippen molar-refractivity contribution in [3.8, 4) is 0 Å². The number of anilines is 1. The fraction of sp³-hybridized carbons (Fsp3) is 0.471. The molecular weight excluding hydrogens is 399 g/mol. The predicted molar refractivity (Wildman–Crippen MR) is 103 cm³/mol. The quantitative estimate of drug-likeness (QED) is 0.558. The second kappa shape index (κ2) is 7.76. The molecule has 0 bridgehead atoms. The molecule has 1 unspecified atom stereocenters. The van der Waals surface area contributed by atoms with Gasteiger partial charge in [0.05, 0.1) is 15.4 Å². The number of aromatic nitrogens is 2. The van der Waals surface area contributed by atoms with Gasteiger partial charge < -0.3 is 4.74 Å². The summed E-state index contributed by atoms with van der Waals surface area (Å²) in [6.45, 7) is 7.81. The van der Waals surface area contributed by atoms with Gasteiger partial charge in [0.25, 0.3) is 0 Å². The molecule has 150 valence electrons. The van der Waals surface area contributed by atoms with E-state index in [2.05, 4.69) is 14.7 Å². The van der Waals surface area contributed by atoms with E-state index < -0.39 is 27.2 Å². The Bertz CT molecular complexity index is 912. The molecule has 10 heteroatoms. The summed E-state index contributed by atoms with van der Waals surface area (Å²) in [4.78, 5) is 8.25. The van der Waals surface area contributed by atoms with Crippen molar-refractivity contribution in [1.29, 1.82) is 0 Å². The van der Waals surface area contributed by atoms with E-state index in [0.29, 0.717) is 27.9 Å². The molecule has 1 N–H and O–H groups in total. The van der Waals surface area contributed by atoms with E-state index in [9.17, 15) is 17.4 Å². The van der Waals surface area contributed by atoms with Crippen LogP contribution >= 0.6 is 11.3 Å². The number of halogens is 3. The third-order valence-electron chi connectivity index (χ3n) is 3.95. The number of thiazole rings is 1. The third kappa shape index (κ3) is 5.20. The van der Waals surface area contributed by atoms with Gasteiger partial charge in [-0.05, 0) is 33.8 Å². The van der Waals surface area contributed by atoms with Gasteiger partial charge in [-0.1, -0.05) is 6.07 Å². The molecule has 0 radical (unpaired) electrons. The van der Waals surface area contributed by atoms with Crippen LogP contribution in [-0.4, -0.2) is 31.9 Å². The summed E-state index contributed by atoms with van der Waals surface area (Å²) in [5.41, 5.74) is -0.483. The molecule has 0 amide bonds. The molecule has 0 spiro atoms. The van der Waals surface area contributed by atoms with Crippen molar-refractivity contribution >= 4 is 31.0 Å². The Morgan fingerprint density at radius 3 is 2.48 bits per heavy atom. The van der Waals surface area contributed by atoms with Crippen LogP contribution in [0.25, 0.3) is 0 Å². The maximum Gasteiger partial charge on any atom is 0.433 e. The second-order valence-electron chi connectivity index (χ2n) is 6.41. The van der Waals surface area contributed by atoms with Crippen LogP contribution in [0.5, 0.6) is 0 Å². The highest BCUT2D eigenvalue weighted by atomic mass is 32.2. The van der Waals surface area contributed by atoms with Crippen LogP contribution in [0.3, 0.4) is 0 Å². The largest absolute Gasteiger partial charge is 0.433 e. The van der Waals surface area contributed by atoms with Crippen LogP contribution in [0.4, 0.5) is 18.3 Å². The number of rotatable bonds is 6. The topological polar surface area (TPSA) is 64.1 Å². The van der Waals surface area contributed by atoms with Gasteiger partial charge in [0.15, 0.2) is 5.13 Å². The van der Waals surface area contributed by atoms with Gasteiger partial charge in [-0.2, -0.15) is 13.2 Å². The Balaban J connectivity index is 2.29. The lowest BCUT2D eigenvalue weighted by molar-refractivity contribution is -0.141. The van der Waals surface area contributed by atoms with Crippen molar-refractivity contribution in [2.75, 3.05) is 17.6 Å². The van der Waals surface area contributed by atoms with E-state index in [-0.39, 0.29) is 0 Å². The van der Waals surface area contributed by atoms with Crippen molar-refractivity contribution in [1.82, 2.24) is 9.97 Å². The summed E-state index contributed by atoms with van der Waals surface area (Å²) >= 11 is 1.29. The highest BCUT2D eigenvalue weighted by Gasteiger charge is 2.32. The number of nitrogens with one attached hydrogen (secondary N) is 1. The van der Waals surface area contributed by atoms with Crippen molar-refractivity contribution < 1.29 is 22.1 Å². The van der Waals surface area contributed by atoms with Gasteiger partial charge >= 0.3 is 6.18 Å². The zero-order chi connectivity index (χ0) is 20.5. The van der Waals surface area contributed by atoms with Crippen molar-refractivity contribution in [2.24, 2.45) is 0 Å². The fourth-order valence-corrected chi connectivity index (χ4v) is 4.75. The summed E-state index contributed by atoms with van der Waals surface area (Å²) in [6, 6.07) is 2.14. The van der Waals surface area contributed by atoms with Crippen LogP contribution in [0, 0.1) is 0 Å². The molecule has 5 nitrogen and oxygen atoms in total. The lowest BCUT2D eigenvalue weighted by Gasteiger charge is -2.22. The first-order valence-corrected chi connectivity index (χ1v) is 11.0. The number of pyridine rings is 1. The molecule has 27 heavy (non-hydrogen) atoms. The van der Waals surface area contributed by atoms with E-state index >= 15 is 0 Å². The van der Waals surface area contributed by atoms with E-state index in [1.807, 2.05) is 26.2 Å². The number of hydrogen-bond donors (Lipinski definition) is 1. The Hall–Kier alpha value is -1.65. The minimum atomic E-state index is -4.51. The summed E-state index contributed by atoms with van der Waals surface area (Å²) in [5, 5.41) is 2.27. The molecule has 2 rings (SSSR count). The second-order valence-corrected chi connectivity index (χ2v) is 9.77. The van der Waals surface area contributed by atoms with Crippen molar-refractivity contribution in [3.63, 3.8) is 0 Å². The van der Waals surface area contributed by atoms with E-state index in [1.54, 1.807) is 6.92 Å². The number of alkyl halides is 3. The number of nitrogens with zero attached hydrogens (tertiary/aromatic N) is 2. The fourth-order valence-electron chi connectivity index (χ4n) is 2.27. The molecule has 0 aliphatic carbocycles. The molecule has 0 aliphatic heterocycles. The molecule has 0 fully saturated rings. The molecule has 0 saturated carbocycles. The molecule has 2 aromatic rings. The van der Waals surface area contributed by atoms with Crippen molar-refractivity contribution in [3.05, 3.63) is 40.7 Å². The van der Waals surface area contributed by atoms with E-state index in [4.69, 9.17) is 4.74 Å². The van der Waals surface area contributed by atoms with E-state index in [0.717, 1.165) is 12.3 Å². The Morgan fingerprint density at radius 1 is 1.30 bits per heavy atom. The average molecular weight is 422 g/mol. The van der Waals surface area contributed by atoms with Gasteiger partial charge in [0.1, 0.15) is 11.3 Å². The lowest BCUT2D eigenvalue weighted by Crippen LogP contribution is -2.23. The summed E-state index contributed by atoms with van der Waals surface area (Å²) in [6.07, 6.45) is -1.95. The Morgan fingerprint density at radius 2 is 1.96 bits per heavy atom. The molecule has 1 atom stereocenters. The first-order valence-electron chi connectivity index (χ1n) is 8.11. The standard InChI is InChI=1S/C17H22F3N3O2S2/c1-6-25-16(3,4)14-10-26-15(22-14)23-27(5,24)11(2)12-7-8-13(21-9-12)17(18,19)20/h7-10H,6H2,1-5H3,(H,22,23,24). The highest BCUT2D eigenvalue weighted by Crippen LogP contribution is 2.29. The summed E-state index contributed by atoms with van der Waals surface area (Å²) < 4.78 is 59.5. The zero-order valence-electron chi connectivity index (χ0n) is 15.7. The van der Waals surface area contributed by atoms with Crippen LogP contribution in [0.2, 0.25) is 0 Å². The van der Waals surface area contributed by atoms with Gasteiger partial charge in [-0.15, -0.1) is 11.3 Å². The third-order valence-corrected chi connectivity index (χ3v) is 6.83. The van der Waals surface area contributed by atoms with Gasteiger partial charge in [0.2, 0.25) is 0 Å². The first kappa shape index (κ1) is 21.6. The van der Waals surface area contributed by atoms with Crippen LogP contribution in [0.15, 0.2) is 23.7 Å². The average Bonchev–Trinajstić information content (AvgIpc) is 3.02. The maximum absolute atomic E-state index is 13.1. The molecule has 2 heterocycles. The predicted octanol–water partition coefficient (Wildman–Crippen LogP) is 4.31. The van der Waals surface area contributed by atoms with Gasteiger partial charge in [-0.25, -0.2) is 9.19 Å². The summed E-state index contributed by atoms with van der Waals surface area (Å²) in [5.74, 6) is 0. The van der Waals surface area contributed by atoms with E-state index in [1.165, 1.54) is 23.7 Å². The molecule has 0 aliphatic rings. The Labute approximate surface area is 161 Å². The molecule has 0 aromatic carbocycles. The SMILES string of the molecule is CCOC(C)(C)c1csc(NS(C)(=O)=C(C)c2ccc(C(F)(F)F)nc2)n1. The number of ether oxygens (including phenoxy) is 1. The van der Waals surface area contributed by atoms with Crippen LogP contribution < -0.4 is 4.72 Å². The normalized spacial score (nSPS) is 14.7. The first-order chi connectivity index (χ1) is 12.4. The van der Waals surface area contributed by atoms with Crippen molar-refractivity contribution in [2.45, 2.75) is 39.5 Å².